The van der Waals surface area contributed by atoms with Crippen LogP contribution in [0.5, 0.6) is 0 Å². The normalized spacial score (nSPS) is 11.0. The summed E-state index contributed by atoms with van der Waals surface area (Å²) in [4.78, 5) is 19.1. The predicted octanol–water partition coefficient (Wildman–Crippen LogP) is 4.12. The number of H-pyrrole nitrogens is 1. The molecule has 0 saturated heterocycles. The summed E-state index contributed by atoms with van der Waals surface area (Å²) in [6, 6.07) is 16.9. The molecule has 24 heavy (non-hydrogen) atoms. The predicted molar refractivity (Wildman–Crippen MR) is 95.5 cm³/mol. The number of carboxylic acid groups (broad SMARTS) is 1. The van der Waals surface area contributed by atoms with Crippen molar-refractivity contribution in [3.05, 3.63) is 60.2 Å². The van der Waals surface area contributed by atoms with Gasteiger partial charge in [0, 0.05) is 18.1 Å². The van der Waals surface area contributed by atoms with Crippen LogP contribution in [0.3, 0.4) is 0 Å². The summed E-state index contributed by atoms with van der Waals surface area (Å²) in [6.45, 7) is 0. The van der Waals surface area contributed by atoms with Crippen molar-refractivity contribution in [1.29, 1.82) is 0 Å². The number of para-hydroxylation sites is 1. The summed E-state index contributed by atoms with van der Waals surface area (Å²) in [5.41, 5.74) is 5.86. The summed E-state index contributed by atoms with van der Waals surface area (Å²) in [5.74, 6) is -0.925. The van der Waals surface area contributed by atoms with Crippen molar-refractivity contribution < 1.29 is 9.90 Å². The molecule has 0 unspecified atom stereocenters. The number of rotatable bonds is 3. The molecule has 5 heteroatoms. The monoisotopic (exact) mass is 317 g/mol. The van der Waals surface area contributed by atoms with Gasteiger partial charge in [-0.05, 0) is 35.9 Å². The first-order valence-corrected chi connectivity index (χ1v) is 7.60. The van der Waals surface area contributed by atoms with Crippen LogP contribution in [0.2, 0.25) is 0 Å². The number of carboxylic acids is 1. The highest BCUT2D eigenvalue weighted by Gasteiger charge is 2.09. The van der Waals surface area contributed by atoms with E-state index in [9.17, 15) is 4.79 Å². The van der Waals surface area contributed by atoms with E-state index in [1.54, 1.807) is 24.3 Å². The van der Waals surface area contributed by atoms with E-state index < -0.39 is 5.97 Å². The highest BCUT2D eigenvalue weighted by atomic mass is 16.4. The Morgan fingerprint density at radius 3 is 2.62 bits per heavy atom. The topological polar surface area (TPSA) is 78.0 Å². The molecule has 2 aromatic heterocycles. The van der Waals surface area contributed by atoms with Crippen molar-refractivity contribution >= 4 is 33.6 Å². The molecular weight excluding hydrogens is 302 g/mol. The second kappa shape index (κ2) is 5.38. The van der Waals surface area contributed by atoms with E-state index in [0.29, 0.717) is 0 Å². The zero-order valence-electron chi connectivity index (χ0n) is 13.0. The fourth-order valence-electron chi connectivity index (χ4n) is 2.89. The third-order valence-corrected chi connectivity index (χ3v) is 4.14. The molecule has 0 aliphatic carbocycles. The second-order valence-corrected chi connectivity index (χ2v) is 5.61. The number of benzene rings is 2. The largest absolute Gasteiger partial charge is 0.478 e. The molecule has 0 saturated carbocycles. The number of aromatic amines is 1. The third kappa shape index (κ3) is 2.27. The maximum Gasteiger partial charge on any atom is 0.335 e. The Bertz CT molecular complexity index is 1070. The van der Waals surface area contributed by atoms with Crippen molar-refractivity contribution in [1.82, 2.24) is 9.97 Å². The maximum atomic E-state index is 11.0. The standard InChI is InChI=1S/C19H15N3O2/c1-20-14-4-2-3-13-9-16-17(22-18(13)14)10-15(21-16)11-5-7-12(8-6-11)19(23)24/h2-10,20-21H,1H3,(H,23,24). The molecular formula is C19H15N3O2. The second-order valence-electron chi connectivity index (χ2n) is 5.61. The van der Waals surface area contributed by atoms with Crippen LogP contribution >= 0.6 is 0 Å². The molecule has 5 nitrogen and oxygen atoms in total. The summed E-state index contributed by atoms with van der Waals surface area (Å²) in [6.07, 6.45) is 0. The van der Waals surface area contributed by atoms with E-state index >= 15 is 0 Å². The highest BCUT2D eigenvalue weighted by molar-refractivity contribution is 5.98. The van der Waals surface area contributed by atoms with Crippen LogP contribution in [0, 0.1) is 0 Å². The zero-order chi connectivity index (χ0) is 16.7. The minimum atomic E-state index is -0.925. The first kappa shape index (κ1) is 14.3. The number of anilines is 1. The number of hydrogen-bond acceptors (Lipinski definition) is 3. The molecule has 2 heterocycles. The van der Waals surface area contributed by atoms with Crippen molar-refractivity contribution in [2.45, 2.75) is 0 Å². The quantitative estimate of drug-likeness (QED) is 0.531. The highest BCUT2D eigenvalue weighted by Crippen LogP contribution is 2.28. The summed E-state index contributed by atoms with van der Waals surface area (Å²) in [5, 5.41) is 13.2. The number of nitrogens with one attached hydrogen (secondary N) is 2. The van der Waals surface area contributed by atoms with Gasteiger partial charge in [-0.25, -0.2) is 9.78 Å². The lowest BCUT2D eigenvalue weighted by Gasteiger charge is -2.04. The first-order valence-electron chi connectivity index (χ1n) is 7.60. The summed E-state index contributed by atoms with van der Waals surface area (Å²) in [7, 11) is 1.88. The van der Waals surface area contributed by atoms with Gasteiger partial charge in [-0.2, -0.15) is 0 Å². The third-order valence-electron chi connectivity index (χ3n) is 4.14. The van der Waals surface area contributed by atoms with Gasteiger partial charge in [0.1, 0.15) is 0 Å². The average Bonchev–Trinajstić information content (AvgIpc) is 3.02. The Kier molecular flexibility index (Phi) is 3.20. The number of pyridine rings is 1. The molecule has 0 fully saturated rings. The van der Waals surface area contributed by atoms with Crippen molar-refractivity contribution in [2.24, 2.45) is 0 Å². The van der Waals surface area contributed by atoms with E-state index in [-0.39, 0.29) is 5.56 Å². The lowest BCUT2D eigenvalue weighted by molar-refractivity contribution is 0.0697. The number of fused-ring (bicyclic) bond motifs is 2. The Morgan fingerprint density at radius 1 is 1.12 bits per heavy atom. The minimum absolute atomic E-state index is 0.275. The molecule has 3 N–H and O–H groups in total. The van der Waals surface area contributed by atoms with Crippen LogP contribution < -0.4 is 5.32 Å². The van der Waals surface area contributed by atoms with Gasteiger partial charge in [-0.3, -0.25) is 0 Å². The van der Waals surface area contributed by atoms with Gasteiger partial charge < -0.3 is 15.4 Å². The summed E-state index contributed by atoms with van der Waals surface area (Å²) < 4.78 is 0. The summed E-state index contributed by atoms with van der Waals surface area (Å²) >= 11 is 0. The number of hydrogen-bond donors (Lipinski definition) is 3. The molecule has 0 radical (unpaired) electrons. The molecule has 0 aliphatic heterocycles. The number of aromatic carboxylic acids is 1. The molecule has 4 aromatic rings. The van der Waals surface area contributed by atoms with Crippen LogP contribution in [0.1, 0.15) is 10.4 Å². The van der Waals surface area contributed by atoms with Gasteiger partial charge in [0.2, 0.25) is 0 Å². The van der Waals surface area contributed by atoms with Gasteiger partial charge in [0.25, 0.3) is 0 Å². The molecule has 2 aromatic carbocycles. The van der Waals surface area contributed by atoms with Crippen LogP contribution in [0.15, 0.2) is 54.6 Å². The van der Waals surface area contributed by atoms with Crippen LogP contribution in [0.25, 0.3) is 33.2 Å². The fourth-order valence-corrected chi connectivity index (χ4v) is 2.89. The van der Waals surface area contributed by atoms with Gasteiger partial charge in [0.05, 0.1) is 27.8 Å². The van der Waals surface area contributed by atoms with Crippen LogP contribution in [0.4, 0.5) is 5.69 Å². The van der Waals surface area contributed by atoms with Crippen LogP contribution in [-0.4, -0.2) is 28.1 Å². The van der Waals surface area contributed by atoms with E-state index in [0.717, 1.165) is 38.9 Å². The van der Waals surface area contributed by atoms with Crippen molar-refractivity contribution in [3.8, 4) is 11.3 Å². The van der Waals surface area contributed by atoms with Crippen LogP contribution in [-0.2, 0) is 0 Å². The fraction of sp³-hybridized carbons (Fsp3) is 0.0526. The number of aromatic nitrogens is 2. The maximum absolute atomic E-state index is 11.0. The number of carbonyl (C=O) groups is 1. The molecule has 0 atom stereocenters. The van der Waals surface area contributed by atoms with Crippen molar-refractivity contribution in [2.75, 3.05) is 12.4 Å². The molecule has 0 spiro atoms. The lowest BCUT2D eigenvalue weighted by atomic mass is 10.1. The van der Waals surface area contributed by atoms with E-state index in [1.165, 1.54) is 0 Å². The lowest BCUT2D eigenvalue weighted by Crippen LogP contribution is -1.94. The number of nitrogens with zero attached hydrogens (tertiary/aromatic N) is 1. The van der Waals surface area contributed by atoms with E-state index in [1.807, 2.05) is 31.3 Å². The Morgan fingerprint density at radius 2 is 1.92 bits per heavy atom. The SMILES string of the molecule is CNc1cccc2cc3[nH]c(-c4ccc(C(=O)O)cc4)cc3nc12. The zero-order valence-corrected chi connectivity index (χ0v) is 13.0. The average molecular weight is 317 g/mol. The first-order chi connectivity index (χ1) is 11.7. The van der Waals surface area contributed by atoms with Gasteiger partial charge >= 0.3 is 5.97 Å². The van der Waals surface area contributed by atoms with E-state index in [2.05, 4.69) is 16.4 Å². The molecule has 118 valence electrons. The molecule has 0 bridgehead atoms. The molecule has 4 rings (SSSR count). The van der Waals surface area contributed by atoms with Crippen molar-refractivity contribution in [3.63, 3.8) is 0 Å². The Balaban J connectivity index is 1.85. The molecule has 0 amide bonds. The Labute approximate surface area is 138 Å². The molecule has 0 aliphatic rings. The van der Waals surface area contributed by atoms with E-state index in [4.69, 9.17) is 10.1 Å². The van der Waals surface area contributed by atoms with Gasteiger partial charge in [-0.1, -0.05) is 24.3 Å². The Hall–Kier alpha value is -3.34. The minimum Gasteiger partial charge on any atom is -0.478 e. The van der Waals surface area contributed by atoms with Gasteiger partial charge in [0.15, 0.2) is 0 Å². The van der Waals surface area contributed by atoms with Gasteiger partial charge in [-0.15, -0.1) is 0 Å². The smallest absolute Gasteiger partial charge is 0.335 e.